The second-order valence-corrected chi connectivity index (χ2v) is 5.37. The van der Waals surface area contributed by atoms with Crippen LogP contribution >= 0.6 is 0 Å². The van der Waals surface area contributed by atoms with Gasteiger partial charge in [0.1, 0.15) is 11.9 Å². The van der Waals surface area contributed by atoms with Crippen molar-refractivity contribution in [3.05, 3.63) is 48.1 Å². The molecule has 0 aliphatic carbocycles. The van der Waals surface area contributed by atoms with Crippen molar-refractivity contribution in [2.45, 2.75) is 39.7 Å². The van der Waals surface area contributed by atoms with E-state index in [4.69, 9.17) is 9.47 Å². The van der Waals surface area contributed by atoms with Gasteiger partial charge in [0.15, 0.2) is 0 Å². The third-order valence-electron chi connectivity index (χ3n) is 3.66. The summed E-state index contributed by atoms with van der Waals surface area (Å²) in [6.07, 6.45) is 9.34. The quantitative estimate of drug-likeness (QED) is 0.399. The summed E-state index contributed by atoms with van der Waals surface area (Å²) < 4.78 is 10.5. The summed E-state index contributed by atoms with van der Waals surface area (Å²) in [4.78, 5) is 11.8. The summed E-state index contributed by atoms with van der Waals surface area (Å²) >= 11 is 0. The average molecular weight is 302 g/mol. The lowest BCUT2D eigenvalue weighted by molar-refractivity contribution is -0.144. The van der Waals surface area contributed by atoms with Crippen LogP contribution in [-0.2, 0) is 9.53 Å². The molecule has 0 saturated carbocycles. The molecular formula is C19H26O3. The van der Waals surface area contributed by atoms with E-state index in [0.29, 0.717) is 5.92 Å². The molecule has 0 aromatic heterocycles. The second kappa shape index (κ2) is 9.82. The standard InChI is InChI=1S/C19H26O3/c1-5-6-7-8-15(2)16(3)22-19(20)14-11-17-9-12-18(21-4)13-10-17/h5-6,9-16H,7-8H2,1-4H3. The van der Waals surface area contributed by atoms with Gasteiger partial charge in [0, 0.05) is 6.08 Å². The normalized spacial score (nSPS) is 14.2. The molecule has 1 rings (SSSR count). The van der Waals surface area contributed by atoms with Crippen LogP contribution < -0.4 is 4.74 Å². The molecule has 3 heteroatoms. The van der Waals surface area contributed by atoms with Crippen LogP contribution in [0.5, 0.6) is 5.75 Å². The fourth-order valence-corrected chi connectivity index (χ4v) is 1.98. The Morgan fingerprint density at radius 3 is 2.50 bits per heavy atom. The van der Waals surface area contributed by atoms with E-state index in [9.17, 15) is 4.79 Å². The first-order chi connectivity index (χ1) is 10.6. The van der Waals surface area contributed by atoms with E-state index in [0.717, 1.165) is 24.2 Å². The summed E-state index contributed by atoms with van der Waals surface area (Å²) in [6, 6.07) is 7.51. The van der Waals surface area contributed by atoms with Crippen molar-refractivity contribution in [1.82, 2.24) is 0 Å². The molecule has 0 aliphatic rings. The van der Waals surface area contributed by atoms with Crippen LogP contribution in [0.3, 0.4) is 0 Å². The van der Waals surface area contributed by atoms with Gasteiger partial charge in [-0.1, -0.05) is 31.2 Å². The van der Waals surface area contributed by atoms with Gasteiger partial charge in [-0.25, -0.2) is 4.79 Å². The van der Waals surface area contributed by atoms with Crippen LogP contribution in [0.15, 0.2) is 42.5 Å². The maximum absolute atomic E-state index is 11.8. The number of hydrogen-bond acceptors (Lipinski definition) is 3. The lowest BCUT2D eigenvalue weighted by Crippen LogP contribution is -2.21. The molecule has 1 aromatic carbocycles. The molecule has 0 radical (unpaired) electrons. The number of carbonyl (C=O) groups excluding carboxylic acids is 1. The molecule has 0 heterocycles. The lowest BCUT2D eigenvalue weighted by atomic mass is 10.00. The minimum atomic E-state index is -0.304. The highest BCUT2D eigenvalue weighted by molar-refractivity contribution is 5.87. The Morgan fingerprint density at radius 1 is 1.23 bits per heavy atom. The van der Waals surface area contributed by atoms with Gasteiger partial charge in [-0.2, -0.15) is 0 Å². The maximum atomic E-state index is 11.8. The summed E-state index contributed by atoms with van der Waals surface area (Å²) in [5.74, 6) is 0.832. The van der Waals surface area contributed by atoms with Crippen LogP contribution in [-0.4, -0.2) is 19.2 Å². The number of methoxy groups -OCH3 is 1. The van der Waals surface area contributed by atoms with Crippen molar-refractivity contribution in [3.63, 3.8) is 0 Å². The summed E-state index contributed by atoms with van der Waals surface area (Å²) in [5, 5.41) is 0. The van der Waals surface area contributed by atoms with Gasteiger partial charge in [0.2, 0.25) is 0 Å². The van der Waals surface area contributed by atoms with Gasteiger partial charge < -0.3 is 9.47 Å². The Bertz CT molecular complexity index is 500. The number of esters is 1. The number of ether oxygens (including phenoxy) is 2. The van der Waals surface area contributed by atoms with E-state index in [2.05, 4.69) is 13.0 Å². The lowest BCUT2D eigenvalue weighted by Gasteiger charge is -2.19. The molecular weight excluding hydrogens is 276 g/mol. The van der Waals surface area contributed by atoms with Crippen LogP contribution in [0, 0.1) is 5.92 Å². The molecule has 22 heavy (non-hydrogen) atoms. The number of hydrogen-bond donors (Lipinski definition) is 0. The Balaban J connectivity index is 2.45. The summed E-state index contributed by atoms with van der Waals surface area (Å²) in [7, 11) is 1.63. The van der Waals surface area contributed by atoms with Gasteiger partial charge in [0.05, 0.1) is 7.11 Å². The zero-order valence-electron chi connectivity index (χ0n) is 13.9. The third kappa shape index (κ3) is 6.61. The second-order valence-electron chi connectivity index (χ2n) is 5.37. The number of carbonyl (C=O) groups is 1. The SMILES string of the molecule is CC=CCCC(C)C(C)OC(=O)C=Cc1ccc(OC)cc1. The number of benzene rings is 1. The molecule has 2 atom stereocenters. The van der Waals surface area contributed by atoms with Gasteiger partial charge in [0.25, 0.3) is 0 Å². The molecule has 3 nitrogen and oxygen atoms in total. The predicted octanol–water partition coefficient (Wildman–Crippen LogP) is 4.63. The largest absolute Gasteiger partial charge is 0.497 e. The fraction of sp³-hybridized carbons (Fsp3) is 0.421. The Hall–Kier alpha value is -2.03. The van der Waals surface area contributed by atoms with Gasteiger partial charge >= 0.3 is 5.97 Å². The van der Waals surface area contributed by atoms with E-state index in [1.807, 2.05) is 44.2 Å². The molecule has 120 valence electrons. The summed E-state index contributed by atoms with van der Waals surface area (Å²) in [6.45, 7) is 6.06. The van der Waals surface area contributed by atoms with Crippen LogP contribution in [0.1, 0.15) is 39.2 Å². The first-order valence-electron chi connectivity index (χ1n) is 7.70. The molecule has 0 N–H and O–H groups in total. The molecule has 0 spiro atoms. The van der Waals surface area contributed by atoms with E-state index < -0.39 is 0 Å². The van der Waals surface area contributed by atoms with Crippen LogP contribution in [0.2, 0.25) is 0 Å². The molecule has 0 fully saturated rings. The predicted molar refractivity (Wildman–Crippen MR) is 90.8 cm³/mol. The highest BCUT2D eigenvalue weighted by Gasteiger charge is 2.14. The monoisotopic (exact) mass is 302 g/mol. The van der Waals surface area contributed by atoms with Crippen molar-refractivity contribution < 1.29 is 14.3 Å². The molecule has 1 aromatic rings. The molecule has 2 unspecified atom stereocenters. The van der Waals surface area contributed by atoms with Crippen LogP contribution in [0.25, 0.3) is 6.08 Å². The molecule has 0 bridgehead atoms. The van der Waals surface area contributed by atoms with Crippen LogP contribution in [0.4, 0.5) is 0 Å². The first kappa shape index (κ1) is 18.0. The zero-order valence-corrected chi connectivity index (χ0v) is 13.9. The van der Waals surface area contributed by atoms with Crippen molar-refractivity contribution in [2.24, 2.45) is 5.92 Å². The van der Waals surface area contributed by atoms with E-state index in [-0.39, 0.29) is 12.1 Å². The average Bonchev–Trinajstić information content (AvgIpc) is 2.53. The van der Waals surface area contributed by atoms with Crippen molar-refractivity contribution >= 4 is 12.0 Å². The third-order valence-corrected chi connectivity index (χ3v) is 3.66. The van der Waals surface area contributed by atoms with E-state index in [1.54, 1.807) is 13.2 Å². The highest BCUT2D eigenvalue weighted by atomic mass is 16.5. The smallest absolute Gasteiger partial charge is 0.331 e. The van der Waals surface area contributed by atoms with Gasteiger partial charge in [-0.05, 0) is 56.4 Å². The molecule has 0 saturated heterocycles. The topological polar surface area (TPSA) is 35.5 Å². The van der Waals surface area contributed by atoms with Gasteiger partial charge in [-0.3, -0.25) is 0 Å². The maximum Gasteiger partial charge on any atom is 0.331 e. The van der Waals surface area contributed by atoms with E-state index >= 15 is 0 Å². The molecule has 0 amide bonds. The minimum absolute atomic E-state index is 0.0849. The Morgan fingerprint density at radius 2 is 1.91 bits per heavy atom. The zero-order chi connectivity index (χ0) is 16.4. The van der Waals surface area contributed by atoms with Crippen molar-refractivity contribution in [3.8, 4) is 5.75 Å². The summed E-state index contributed by atoms with van der Waals surface area (Å²) in [5.41, 5.74) is 0.937. The van der Waals surface area contributed by atoms with E-state index in [1.165, 1.54) is 6.08 Å². The van der Waals surface area contributed by atoms with Crippen molar-refractivity contribution in [1.29, 1.82) is 0 Å². The number of allylic oxidation sites excluding steroid dienone is 2. The minimum Gasteiger partial charge on any atom is -0.497 e. The fourth-order valence-electron chi connectivity index (χ4n) is 1.98. The number of rotatable bonds is 8. The van der Waals surface area contributed by atoms with Crippen molar-refractivity contribution in [2.75, 3.05) is 7.11 Å². The van der Waals surface area contributed by atoms with Gasteiger partial charge in [-0.15, -0.1) is 0 Å². The Kier molecular flexibility index (Phi) is 8.05. The highest BCUT2D eigenvalue weighted by Crippen LogP contribution is 2.15. The first-order valence-corrected chi connectivity index (χ1v) is 7.70. The Labute approximate surface area is 133 Å². The molecule has 0 aliphatic heterocycles.